The van der Waals surface area contributed by atoms with Gasteiger partial charge in [-0.25, -0.2) is 13.2 Å². The largest absolute Gasteiger partial charge is 0.388 e. The van der Waals surface area contributed by atoms with Crippen LogP contribution in [-0.4, -0.2) is 9.97 Å². The lowest BCUT2D eigenvalue weighted by Gasteiger charge is -2.09. The molecule has 0 saturated heterocycles. The lowest BCUT2D eigenvalue weighted by Crippen LogP contribution is -2.11. The van der Waals surface area contributed by atoms with Gasteiger partial charge in [0.25, 0.3) is 0 Å². The molecule has 0 radical (unpaired) electrons. The van der Waals surface area contributed by atoms with Crippen LogP contribution in [0.3, 0.4) is 0 Å². The van der Waals surface area contributed by atoms with Gasteiger partial charge in [-0.3, -0.25) is 4.98 Å². The van der Waals surface area contributed by atoms with Gasteiger partial charge in [0.05, 0.1) is 11.4 Å². The Bertz CT molecular complexity index is 646. The molecule has 3 nitrogen and oxygen atoms in total. The van der Waals surface area contributed by atoms with E-state index in [4.69, 9.17) is 18.0 Å². The number of thiocarbonyl (C=S) groups is 1. The number of hydrogen-bond donors (Lipinski definition) is 2. The maximum Gasteiger partial charge on any atom is 0.196 e. The number of aromatic nitrogens is 1. The molecule has 2 aromatic rings. The van der Waals surface area contributed by atoms with Crippen molar-refractivity contribution in [1.82, 2.24) is 4.98 Å². The molecule has 1 aromatic carbocycles. The maximum atomic E-state index is 13.5. The summed E-state index contributed by atoms with van der Waals surface area (Å²) >= 11 is 4.75. The first kappa shape index (κ1) is 13.3. The second kappa shape index (κ2) is 5.23. The van der Waals surface area contributed by atoms with Crippen molar-refractivity contribution in [1.29, 1.82) is 0 Å². The van der Waals surface area contributed by atoms with Crippen LogP contribution in [0.5, 0.6) is 0 Å². The Balaban J connectivity index is 2.34. The van der Waals surface area contributed by atoms with Gasteiger partial charge in [-0.1, -0.05) is 12.2 Å². The Labute approximate surface area is 112 Å². The molecule has 0 amide bonds. The minimum absolute atomic E-state index is 0.0782. The van der Waals surface area contributed by atoms with Crippen LogP contribution < -0.4 is 11.1 Å². The van der Waals surface area contributed by atoms with Crippen molar-refractivity contribution in [2.75, 3.05) is 5.32 Å². The van der Waals surface area contributed by atoms with Gasteiger partial charge in [0.1, 0.15) is 4.99 Å². The number of nitrogens with two attached hydrogens (primary N) is 1. The first-order valence-electron chi connectivity index (χ1n) is 5.15. The Morgan fingerprint density at radius 2 is 1.89 bits per heavy atom. The molecule has 0 bridgehead atoms. The fourth-order valence-corrected chi connectivity index (χ4v) is 1.53. The van der Waals surface area contributed by atoms with Crippen LogP contribution in [0, 0.1) is 17.5 Å². The van der Waals surface area contributed by atoms with Crippen LogP contribution >= 0.6 is 12.2 Å². The van der Waals surface area contributed by atoms with Crippen LogP contribution in [0.1, 0.15) is 5.69 Å². The average Bonchev–Trinajstić information content (AvgIpc) is 2.40. The van der Waals surface area contributed by atoms with Crippen molar-refractivity contribution in [2.45, 2.75) is 0 Å². The summed E-state index contributed by atoms with van der Waals surface area (Å²) in [6.07, 6.45) is 1.41. The van der Waals surface area contributed by atoms with Crippen LogP contribution in [0.15, 0.2) is 30.5 Å². The number of nitrogens with one attached hydrogen (secondary N) is 1. The predicted octanol–water partition coefficient (Wildman–Crippen LogP) is 2.88. The van der Waals surface area contributed by atoms with Crippen molar-refractivity contribution in [3.63, 3.8) is 0 Å². The third-order valence-corrected chi connectivity index (χ3v) is 2.54. The number of rotatable bonds is 3. The summed E-state index contributed by atoms with van der Waals surface area (Å²) in [5.41, 5.74) is 5.95. The summed E-state index contributed by atoms with van der Waals surface area (Å²) < 4.78 is 39.3. The predicted molar refractivity (Wildman–Crippen MR) is 69.7 cm³/mol. The molecule has 0 aliphatic carbocycles. The zero-order valence-electron chi connectivity index (χ0n) is 9.45. The van der Waals surface area contributed by atoms with Gasteiger partial charge in [-0.2, -0.15) is 0 Å². The number of benzene rings is 1. The highest BCUT2D eigenvalue weighted by atomic mass is 32.1. The summed E-state index contributed by atoms with van der Waals surface area (Å²) in [6, 6.07) is 4.91. The molecule has 0 saturated carbocycles. The highest BCUT2D eigenvalue weighted by Gasteiger charge is 2.13. The second-order valence-electron chi connectivity index (χ2n) is 3.64. The maximum absolute atomic E-state index is 13.5. The zero-order valence-corrected chi connectivity index (χ0v) is 10.3. The van der Waals surface area contributed by atoms with E-state index in [-0.39, 0.29) is 10.7 Å². The summed E-state index contributed by atoms with van der Waals surface area (Å²) in [7, 11) is 0. The minimum Gasteiger partial charge on any atom is -0.388 e. The summed E-state index contributed by atoms with van der Waals surface area (Å²) in [6.45, 7) is 0. The molecule has 1 aromatic heterocycles. The van der Waals surface area contributed by atoms with Crippen LogP contribution in [0.25, 0.3) is 0 Å². The molecule has 0 spiro atoms. The number of nitrogens with zero attached hydrogens (tertiary/aromatic N) is 1. The van der Waals surface area contributed by atoms with E-state index >= 15 is 0 Å². The molecule has 7 heteroatoms. The van der Waals surface area contributed by atoms with Crippen LogP contribution in [-0.2, 0) is 0 Å². The lowest BCUT2D eigenvalue weighted by atomic mass is 10.2. The van der Waals surface area contributed by atoms with Crippen molar-refractivity contribution in [3.8, 4) is 0 Å². The van der Waals surface area contributed by atoms with E-state index in [0.717, 1.165) is 12.1 Å². The number of anilines is 2. The molecule has 0 aliphatic rings. The summed E-state index contributed by atoms with van der Waals surface area (Å²) in [5, 5.41) is 2.60. The van der Waals surface area contributed by atoms with Gasteiger partial charge in [-0.15, -0.1) is 0 Å². The fraction of sp³-hybridized carbons (Fsp3) is 0. The Hall–Kier alpha value is -2.15. The Morgan fingerprint density at radius 1 is 1.16 bits per heavy atom. The standard InChI is InChI=1S/C12H8F3N3S/c13-7-1-2-8(11(15)10(7)14)18-6-3-4-17-9(5-6)12(16)19/h1-5H,(H2,16,19)(H,17,18). The molecule has 1 heterocycles. The fourth-order valence-electron chi connectivity index (χ4n) is 1.42. The summed E-state index contributed by atoms with van der Waals surface area (Å²) in [4.78, 5) is 3.98. The molecule has 0 unspecified atom stereocenters. The Kier molecular flexibility index (Phi) is 3.66. The first-order valence-corrected chi connectivity index (χ1v) is 5.56. The quantitative estimate of drug-likeness (QED) is 0.672. The van der Waals surface area contributed by atoms with Gasteiger partial charge in [-0.05, 0) is 24.3 Å². The topological polar surface area (TPSA) is 50.9 Å². The normalized spacial score (nSPS) is 10.3. The zero-order chi connectivity index (χ0) is 14.0. The van der Waals surface area contributed by atoms with Gasteiger partial charge in [0, 0.05) is 11.9 Å². The highest BCUT2D eigenvalue weighted by molar-refractivity contribution is 7.80. The second-order valence-corrected chi connectivity index (χ2v) is 4.08. The molecule has 2 rings (SSSR count). The van der Waals surface area contributed by atoms with Gasteiger partial charge < -0.3 is 11.1 Å². The highest BCUT2D eigenvalue weighted by Crippen LogP contribution is 2.23. The number of hydrogen-bond acceptors (Lipinski definition) is 3. The van der Waals surface area contributed by atoms with Gasteiger partial charge >= 0.3 is 0 Å². The number of halogens is 3. The van der Waals surface area contributed by atoms with E-state index < -0.39 is 17.5 Å². The average molecular weight is 283 g/mol. The van der Waals surface area contributed by atoms with Crippen LogP contribution in [0.4, 0.5) is 24.5 Å². The molecule has 0 atom stereocenters. The van der Waals surface area contributed by atoms with Crippen molar-refractivity contribution in [2.24, 2.45) is 5.73 Å². The lowest BCUT2D eigenvalue weighted by molar-refractivity contribution is 0.449. The molecule has 0 aliphatic heterocycles. The minimum atomic E-state index is -1.53. The smallest absolute Gasteiger partial charge is 0.196 e. The molecule has 3 N–H and O–H groups in total. The molecule has 0 fully saturated rings. The van der Waals surface area contributed by atoms with E-state index in [1.165, 1.54) is 18.3 Å². The molecule has 98 valence electrons. The van der Waals surface area contributed by atoms with E-state index in [1.807, 2.05) is 0 Å². The van der Waals surface area contributed by atoms with Crippen molar-refractivity contribution in [3.05, 3.63) is 53.6 Å². The SMILES string of the molecule is NC(=S)c1cc(Nc2ccc(F)c(F)c2F)ccn1. The van der Waals surface area contributed by atoms with E-state index in [2.05, 4.69) is 10.3 Å². The third-order valence-electron chi connectivity index (χ3n) is 2.33. The molecular formula is C12H8F3N3S. The Morgan fingerprint density at radius 3 is 2.58 bits per heavy atom. The van der Waals surface area contributed by atoms with E-state index in [1.54, 1.807) is 0 Å². The third kappa shape index (κ3) is 2.82. The summed E-state index contributed by atoms with van der Waals surface area (Å²) in [5.74, 6) is -4.08. The van der Waals surface area contributed by atoms with Gasteiger partial charge in [0.2, 0.25) is 0 Å². The number of pyridine rings is 1. The first-order chi connectivity index (χ1) is 8.99. The molecule has 19 heavy (non-hydrogen) atoms. The molecular weight excluding hydrogens is 275 g/mol. The van der Waals surface area contributed by atoms with Gasteiger partial charge in [0.15, 0.2) is 17.5 Å². The van der Waals surface area contributed by atoms with E-state index in [9.17, 15) is 13.2 Å². The van der Waals surface area contributed by atoms with E-state index in [0.29, 0.717) is 11.4 Å². The van der Waals surface area contributed by atoms with Crippen molar-refractivity contribution < 1.29 is 13.2 Å². The monoisotopic (exact) mass is 283 g/mol. The van der Waals surface area contributed by atoms with Crippen molar-refractivity contribution >= 4 is 28.6 Å². The van der Waals surface area contributed by atoms with Crippen LogP contribution in [0.2, 0.25) is 0 Å².